The summed E-state index contributed by atoms with van der Waals surface area (Å²) in [6, 6.07) is 7.05. The minimum absolute atomic E-state index is 0.0408. The minimum Gasteiger partial charge on any atom is -0.389 e. The van der Waals surface area contributed by atoms with Crippen LogP contribution in [-0.4, -0.2) is 20.0 Å². The molecule has 0 radical (unpaired) electrons. The van der Waals surface area contributed by atoms with Crippen molar-refractivity contribution in [3.63, 3.8) is 0 Å². The number of sulfonamides is 1. The molecule has 1 aromatic rings. The lowest BCUT2D eigenvalue weighted by Gasteiger charge is -2.12. The highest BCUT2D eigenvalue weighted by molar-refractivity contribution is 7.88. The number of benzene rings is 1. The largest absolute Gasteiger partial charge is 0.389 e. The van der Waals surface area contributed by atoms with Gasteiger partial charge in [-0.05, 0) is 36.3 Å². The van der Waals surface area contributed by atoms with Crippen molar-refractivity contribution in [3.8, 4) is 0 Å². The molecular weight excluding hydrogens is 292 g/mol. The molecule has 0 spiro atoms. The molecule has 110 valence electrons. The molecule has 20 heavy (non-hydrogen) atoms. The molecule has 1 aromatic carbocycles. The highest BCUT2D eigenvalue weighted by atomic mass is 32.2. The Hall–Kier alpha value is -0.980. The van der Waals surface area contributed by atoms with Crippen LogP contribution >= 0.6 is 12.2 Å². The number of nitrogens with two attached hydrogens (primary N) is 1. The van der Waals surface area contributed by atoms with Crippen LogP contribution in [0, 0.1) is 11.8 Å². The highest BCUT2D eigenvalue weighted by Gasteiger charge is 2.28. The zero-order valence-electron chi connectivity index (χ0n) is 11.5. The summed E-state index contributed by atoms with van der Waals surface area (Å²) in [6.45, 7) is 2.61. The van der Waals surface area contributed by atoms with Crippen LogP contribution in [-0.2, 0) is 15.8 Å². The van der Waals surface area contributed by atoms with E-state index in [0.717, 1.165) is 0 Å². The van der Waals surface area contributed by atoms with E-state index in [1.807, 2.05) is 0 Å². The molecule has 1 unspecified atom stereocenters. The second-order valence-corrected chi connectivity index (χ2v) is 7.73. The molecule has 3 N–H and O–H groups in total. The van der Waals surface area contributed by atoms with E-state index in [-0.39, 0.29) is 10.7 Å². The summed E-state index contributed by atoms with van der Waals surface area (Å²) in [5.74, 6) is 1.06. The van der Waals surface area contributed by atoms with Crippen molar-refractivity contribution in [1.29, 1.82) is 0 Å². The summed E-state index contributed by atoms with van der Waals surface area (Å²) >= 11 is 4.90. The molecule has 1 fully saturated rings. The first-order chi connectivity index (χ1) is 9.37. The number of nitrogens with one attached hydrogen (secondary N) is 1. The van der Waals surface area contributed by atoms with Crippen molar-refractivity contribution in [2.24, 2.45) is 17.6 Å². The molecule has 0 aliphatic heterocycles. The van der Waals surface area contributed by atoms with Crippen molar-refractivity contribution in [1.82, 2.24) is 4.72 Å². The first-order valence-electron chi connectivity index (χ1n) is 6.73. The number of hydrogen-bond acceptors (Lipinski definition) is 3. The third kappa shape index (κ3) is 4.54. The van der Waals surface area contributed by atoms with Gasteiger partial charge in [0.05, 0.1) is 5.75 Å². The third-order valence-electron chi connectivity index (χ3n) is 3.62. The maximum absolute atomic E-state index is 12.1. The Bertz CT molecular complexity index is 595. The Morgan fingerprint density at radius 2 is 2.20 bits per heavy atom. The fourth-order valence-electron chi connectivity index (χ4n) is 2.18. The van der Waals surface area contributed by atoms with Crippen molar-refractivity contribution < 1.29 is 8.42 Å². The van der Waals surface area contributed by atoms with Gasteiger partial charge in [-0.2, -0.15) is 0 Å². The Morgan fingerprint density at radius 1 is 1.50 bits per heavy atom. The molecule has 1 aliphatic carbocycles. The summed E-state index contributed by atoms with van der Waals surface area (Å²) in [5.41, 5.74) is 6.94. The Labute approximate surface area is 125 Å². The van der Waals surface area contributed by atoms with Crippen molar-refractivity contribution in [2.75, 3.05) is 6.54 Å². The molecule has 6 heteroatoms. The first-order valence-corrected chi connectivity index (χ1v) is 8.79. The van der Waals surface area contributed by atoms with Crippen LogP contribution in [0.1, 0.15) is 30.9 Å². The summed E-state index contributed by atoms with van der Waals surface area (Å²) < 4.78 is 26.8. The lowest BCUT2D eigenvalue weighted by Crippen LogP contribution is -2.30. The van der Waals surface area contributed by atoms with Crippen LogP contribution in [0.4, 0.5) is 0 Å². The van der Waals surface area contributed by atoms with Gasteiger partial charge < -0.3 is 5.73 Å². The van der Waals surface area contributed by atoms with Gasteiger partial charge >= 0.3 is 0 Å². The predicted molar refractivity (Wildman–Crippen MR) is 84.8 cm³/mol. The van der Waals surface area contributed by atoms with Gasteiger partial charge in [0.2, 0.25) is 10.0 Å². The van der Waals surface area contributed by atoms with E-state index in [0.29, 0.717) is 29.5 Å². The van der Waals surface area contributed by atoms with E-state index in [9.17, 15) is 8.42 Å². The smallest absolute Gasteiger partial charge is 0.215 e. The summed E-state index contributed by atoms with van der Waals surface area (Å²) in [6.07, 6.45) is 2.44. The molecule has 0 heterocycles. The zero-order chi connectivity index (χ0) is 14.8. The lowest BCUT2D eigenvalue weighted by molar-refractivity contribution is 0.491. The van der Waals surface area contributed by atoms with Gasteiger partial charge in [-0.3, -0.25) is 0 Å². The van der Waals surface area contributed by atoms with Gasteiger partial charge in [0.25, 0.3) is 0 Å². The maximum Gasteiger partial charge on any atom is 0.215 e. The molecule has 1 atom stereocenters. The topological polar surface area (TPSA) is 72.2 Å². The van der Waals surface area contributed by atoms with Gasteiger partial charge in [0, 0.05) is 12.1 Å². The maximum atomic E-state index is 12.1. The van der Waals surface area contributed by atoms with Crippen LogP contribution in [0.25, 0.3) is 0 Å². The van der Waals surface area contributed by atoms with Gasteiger partial charge in [-0.15, -0.1) is 0 Å². The van der Waals surface area contributed by atoms with Gasteiger partial charge in [-0.25, -0.2) is 13.1 Å². The van der Waals surface area contributed by atoms with Crippen LogP contribution in [0.5, 0.6) is 0 Å². The average Bonchev–Trinajstić information content (AvgIpc) is 3.20. The summed E-state index contributed by atoms with van der Waals surface area (Å²) in [4.78, 5) is 0.277. The number of hydrogen-bond donors (Lipinski definition) is 2. The van der Waals surface area contributed by atoms with Crippen LogP contribution in [0.2, 0.25) is 0 Å². The van der Waals surface area contributed by atoms with Gasteiger partial charge in [0.15, 0.2) is 0 Å². The molecule has 0 saturated heterocycles. The minimum atomic E-state index is -3.31. The van der Waals surface area contributed by atoms with E-state index in [2.05, 4.69) is 11.6 Å². The standard InChI is InChI=1S/C14H20N2O2S2/c1-10(12-5-6-12)8-16-20(17,18)9-11-3-2-4-13(7-11)14(15)19/h2-4,7,10,12,16H,5-6,8-9H2,1H3,(H2,15,19). The van der Waals surface area contributed by atoms with Gasteiger partial charge in [-0.1, -0.05) is 37.3 Å². The second kappa shape index (κ2) is 6.20. The lowest BCUT2D eigenvalue weighted by atomic mass is 10.1. The molecule has 1 aliphatic rings. The molecule has 0 bridgehead atoms. The van der Waals surface area contributed by atoms with Crippen molar-refractivity contribution >= 4 is 27.2 Å². The molecule has 2 rings (SSSR count). The van der Waals surface area contributed by atoms with E-state index in [1.54, 1.807) is 24.3 Å². The SMILES string of the molecule is CC(CNS(=O)(=O)Cc1cccc(C(N)=S)c1)C1CC1. The Morgan fingerprint density at radius 3 is 2.80 bits per heavy atom. The Balaban J connectivity index is 1.96. The van der Waals surface area contributed by atoms with Crippen LogP contribution < -0.4 is 10.5 Å². The van der Waals surface area contributed by atoms with Gasteiger partial charge in [0.1, 0.15) is 4.99 Å². The fourth-order valence-corrected chi connectivity index (χ4v) is 3.54. The predicted octanol–water partition coefficient (Wildman–Crippen LogP) is 1.79. The number of rotatable bonds is 7. The quantitative estimate of drug-likeness (QED) is 0.753. The molecule has 0 aromatic heterocycles. The molecule has 4 nitrogen and oxygen atoms in total. The molecular formula is C14H20N2O2S2. The van der Waals surface area contributed by atoms with Crippen LogP contribution in [0.15, 0.2) is 24.3 Å². The fraction of sp³-hybridized carbons (Fsp3) is 0.500. The molecule has 0 amide bonds. The van der Waals surface area contributed by atoms with Crippen molar-refractivity contribution in [2.45, 2.75) is 25.5 Å². The van der Waals surface area contributed by atoms with E-state index in [4.69, 9.17) is 18.0 Å². The number of thiocarbonyl (C=S) groups is 1. The first kappa shape index (κ1) is 15.4. The third-order valence-corrected chi connectivity index (χ3v) is 5.18. The summed E-state index contributed by atoms with van der Waals surface area (Å²) in [5, 5.41) is 0. The summed E-state index contributed by atoms with van der Waals surface area (Å²) in [7, 11) is -3.31. The zero-order valence-corrected chi connectivity index (χ0v) is 13.1. The normalized spacial score (nSPS) is 16.9. The molecule has 1 saturated carbocycles. The monoisotopic (exact) mass is 312 g/mol. The van der Waals surface area contributed by atoms with E-state index in [1.165, 1.54) is 12.8 Å². The Kier molecular flexibility index (Phi) is 4.78. The van der Waals surface area contributed by atoms with E-state index >= 15 is 0 Å². The van der Waals surface area contributed by atoms with Crippen LogP contribution in [0.3, 0.4) is 0 Å². The van der Waals surface area contributed by atoms with Crippen molar-refractivity contribution in [3.05, 3.63) is 35.4 Å². The van der Waals surface area contributed by atoms with E-state index < -0.39 is 10.0 Å². The second-order valence-electron chi connectivity index (χ2n) is 5.49. The average molecular weight is 312 g/mol. The highest BCUT2D eigenvalue weighted by Crippen LogP contribution is 2.36.